The lowest BCUT2D eigenvalue weighted by Crippen LogP contribution is -2.39. The van der Waals surface area contributed by atoms with Gasteiger partial charge in [0.05, 0.1) is 6.04 Å². The zero-order valence-corrected chi connectivity index (χ0v) is 18.8. The molecule has 8 heteroatoms. The maximum Gasteiger partial charge on any atom is 0.318 e. The first-order valence-corrected chi connectivity index (χ1v) is 11.3. The van der Waals surface area contributed by atoms with Crippen LogP contribution >= 0.6 is 0 Å². The van der Waals surface area contributed by atoms with Gasteiger partial charge in [-0.1, -0.05) is 65.3 Å². The minimum absolute atomic E-state index is 0.0726. The molecule has 0 spiro atoms. The van der Waals surface area contributed by atoms with E-state index in [1.807, 2.05) is 61.5 Å². The molecule has 172 valence electrons. The number of urea groups is 1. The fraction of sp³-hybridized carbons (Fsp3) is 0.360. The summed E-state index contributed by atoms with van der Waals surface area (Å²) in [5, 5.41) is 9.97. The van der Waals surface area contributed by atoms with Crippen molar-refractivity contribution < 1.29 is 14.1 Å². The topological polar surface area (TPSA) is 100 Å². The van der Waals surface area contributed by atoms with Gasteiger partial charge in [-0.25, -0.2) is 4.79 Å². The Morgan fingerprint density at radius 3 is 2.55 bits per heavy atom. The summed E-state index contributed by atoms with van der Waals surface area (Å²) in [6.45, 7) is 3.64. The number of likely N-dealkylation sites (tertiary alicyclic amines) is 1. The SMILES string of the molecule is Cc1ccc(CNC(=O)N2CCCC2c2noc(CCC(=O)NCc3ccccc3)n2)cc1. The van der Waals surface area contributed by atoms with Gasteiger partial charge >= 0.3 is 6.03 Å². The summed E-state index contributed by atoms with van der Waals surface area (Å²) in [6, 6.07) is 17.5. The molecule has 1 aliphatic rings. The molecule has 2 N–H and O–H groups in total. The lowest BCUT2D eigenvalue weighted by Gasteiger charge is -2.22. The fourth-order valence-electron chi connectivity index (χ4n) is 3.87. The molecule has 0 bridgehead atoms. The minimum atomic E-state index is -0.215. The van der Waals surface area contributed by atoms with Gasteiger partial charge in [0.15, 0.2) is 5.82 Å². The third kappa shape index (κ3) is 6.19. The Kier molecular flexibility index (Phi) is 7.34. The molecule has 0 aliphatic carbocycles. The first kappa shape index (κ1) is 22.5. The Labute approximate surface area is 193 Å². The monoisotopic (exact) mass is 447 g/mol. The molecular weight excluding hydrogens is 418 g/mol. The Morgan fingerprint density at radius 2 is 1.76 bits per heavy atom. The predicted molar refractivity (Wildman–Crippen MR) is 123 cm³/mol. The van der Waals surface area contributed by atoms with Crippen LogP contribution in [0.25, 0.3) is 0 Å². The molecule has 4 rings (SSSR count). The maximum atomic E-state index is 12.8. The van der Waals surface area contributed by atoms with E-state index in [0.29, 0.717) is 37.8 Å². The molecular formula is C25H29N5O3. The smallest absolute Gasteiger partial charge is 0.318 e. The minimum Gasteiger partial charge on any atom is -0.352 e. The van der Waals surface area contributed by atoms with Crippen molar-refractivity contribution in [2.75, 3.05) is 6.54 Å². The summed E-state index contributed by atoms with van der Waals surface area (Å²) in [5.74, 6) is 0.834. The van der Waals surface area contributed by atoms with Crippen molar-refractivity contribution in [3.8, 4) is 0 Å². The van der Waals surface area contributed by atoms with E-state index in [9.17, 15) is 9.59 Å². The highest BCUT2D eigenvalue weighted by Gasteiger charge is 2.33. The number of carbonyl (C=O) groups excluding carboxylic acids is 2. The van der Waals surface area contributed by atoms with Gasteiger partial charge in [-0.15, -0.1) is 0 Å². The van der Waals surface area contributed by atoms with Crippen LogP contribution in [0, 0.1) is 6.92 Å². The van der Waals surface area contributed by atoms with Crippen LogP contribution in [0.15, 0.2) is 59.1 Å². The van der Waals surface area contributed by atoms with Gasteiger partial charge in [0, 0.05) is 32.5 Å². The van der Waals surface area contributed by atoms with Crippen LogP contribution in [-0.4, -0.2) is 33.5 Å². The van der Waals surface area contributed by atoms with E-state index >= 15 is 0 Å². The van der Waals surface area contributed by atoms with Crippen molar-refractivity contribution in [3.05, 3.63) is 83.0 Å². The predicted octanol–water partition coefficient (Wildman–Crippen LogP) is 3.67. The number of rotatable bonds is 8. The van der Waals surface area contributed by atoms with Gasteiger partial charge < -0.3 is 20.1 Å². The fourth-order valence-corrected chi connectivity index (χ4v) is 3.87. The van der Waals surface area contributed by atoms with Gasteiger partial charge in [-0.05, 0) is 30.9 Å². The molecule has 3 aromatic rings. The standard InChI is InChI=1S/C25H29N5O3/c1-18-9-11-20(12-10-18)17-27-25(32)30-15-5-8-21(30)24-28-23(33-29-24)14-13-22(31)26-16-19-6-3-2-4-7-19/h2-4,6-7,9-12,21H,5,8,13-17H2,1H3,(H,26,31)(H,27,32). The lowest BCUT2D eigenvalue weighted by molar-refractivity contribution is -0.121. The lowest BCUT2D eigenvalue weighted by atomic mass is 10.1. The largest absolute Gasteiger partial charge is 0.352 e. The quantitative estimate of drug-likeness (QED) is 0.549. The van der Waals surface area contributed by atoms with E-state index in [0.717, 1.165) is 24.0 Å². The van der Waals surface area contributed by atoms with E-state index < -0.39 is 0 Å². The van der Waals surface area contributed by atoms with Crippen LogP contribution < -0.4 is 10.6 Å². The van der Waals surface area contributed by atoms with Crippen molar-refractivity contribution in [2.45, 2.75) is 51.7 Å². The number of aromatic nitrogens is 2. The number of nitrogens with zero attached hydrogens (tertiary/aromatic N) is 3. The van der Waals surface area contributed by atoms with Crippen LogP contribution in [0.4, 0.5) is 4.79 Å². The zero-order valence-electron chi connectivity index (χ0n) is 18.8. The summed E-state index contributed by atoms with van der Waals surface area (Å²) >= 11 is 0. The van der Waals surface area contributed by atoms with E-state index in [2.05, 4.69) is 20.8 Å². The van der Waals surface area contributed by atoms with Crippen molar-refractivity contribution >= 4 is 11.9 Å². The second-order valence-electron chi connectivity index (χ2n) is 8.30. The number of aryl methyl sites for hydroxylation is 2. The number of benzene rings is 2. The molecule has 1 fully saturated rings. The normalized spacial score (nSPS) is 15.4. The van der Waals surface area contributed by atoms with Crippen LogP contribution in [-0.2, 0) is 24.3 Å². The Bertz CT molecular complexity index is 1070. The average molecular weight is 448 g/mol. The molecule has 33 heavy (non-hydrogen) atoms. The molecule has 3 amide bonds. The van der Waals surface area contributed by atoms with Crippen LogP contribution in [0.3, 0.4) is 0 Å². The Hall–Kier alpha value is -3.68. The molecule has 1 unspecified atom stereocenters. The Balaban J connectivity index is 1.26. The van der Waals surface area contributed by atoms with Crippen molar-refractivity contribution in [1.82, 2.24) is 25.7 Å². The van der Waals surface area contributed by atoms with Gasteiger partial charge in [0.25, 0.3) is 0 Å². The second-order valence-corrected chi connectivity index (χ2v) is 8.30. The molecule has 1 saturated heterocycles. The van der Waals surface area contributed by atoms with E-state index in [4.69, 9.17) is 4.52 Å². The van der Waals surface area contributed by atoms with E-state index in [1.165, 1.54) is 5.56 Å². The number of amides is 3. The summed E-state index contributed by atoms with van der Waals surface area (Å²) < 4.78 is 5.36. The van der Waals surface area contributed by atoms with Gasteiger partial charge in [0.1, 0.15) is 0 Å². The number of hydrogen-bond acceptors (Lipinski definition) is 5. The highest BCUT2D eigenvalue weighted by molar-refractivity contribution is 5.76. The van der Waals surface area contributed by atoms with E-state index in [-0.39, 0.29) is 24.4 Å². The third-order valence-electron chi connectivity index (χ3n) is 5.76. The molecule has 1 atom stereocenters. The molecule has 8 nitrogen and oxygen atoms in total. The number of nitrogens with one attached hydrogen (secondary N) is 2. The molecule has 1 aliphatic heterocycles. The highest BCUT2D eigenvalue weighted by atomic mass is 16.5. The third-order valence-corrected chi connectivity index (χ3v) is 5.76. The molecule has 2 heterocycles. The first-order chi connectivity index (χ1) is 16.1. The highest BCUT2D eigenvalue weighted by Crippen LogP contribution is 2.30. The molecule has 0 radical (unpaired) electrons. The number of hydrogen-bond donors (Lipinski definition) is 2. The van der Waals surface area contributed by atoms with Crippen molar-refractivity contribution in [3.63, 3.8) is 0 Å². The molecule has 1 aromatic heterocycles. The van der Waals surface area contributed by atoms with E-state index in [1.54, 1.807) is 4.90 Å². The average Bonchev–Trinajstić information content (AvgIpc) is 3.51. The summed E-state index contributed by atoms with van der Waals surface area (Å²) in [7, 11) is 0. The first-order valence-electron chi connectivity index (χ1n) is 11.3. The summed E-state index contributed by atoms with van der Waals surface area (Å²) in [6.07, 6.45) is 2.29. The maximum absolute atomic E-state index is 12.8. The van der Waals surface area contributed by atoms with Gasteiger partial charge in [0.2, 0.25) is 11.8 Å². The van der Waals surface area contributed by atoms with Crippen LogP contribution in [0.2, 0.25) is 0 Å². The molecule has 2 aromatic carbocycles. The zero-order chi connectivity index (χ0) is 23.0. The van der Waals surface area contributed by atoms with Gasteiger partial charge in [-0.2, -0.15) is 4.98 Å². The summed E-state index contributed by atoms with van der Waals surface area (Å²) in [5.41, 5.74) is 3.29. The van der Waals surface area contributed by atoms with Crippen molar-refractivity contribution in [1.29, 1.82) is 0 Å². The summed E-state index contributed by atoms with van der Waals surface area (Å²) in [4.78, 5) is 31.1. The van der Waals surface area contributed by atoms with Gasteiger partial charge in [-0.3, -0.25) is 4.79 Å². The Morgan fingerprint density at radius 1 is 1.03 bits per heavy atom. The second kappa shape index (κ2) is 10.8. The molecule has 0 saturated carbocycles. The number of carbonyl (C=O) groups is 2. The van der Waals surface area contributed by atoms with Crippen LogP contribution in [0.1, 0.15) is 53.7 Å². The van der Waals surface area contributed by atoms with Crippen molar-refractivity contribution in [2.24, 2.45) is 0 Å². The van der Waals surface area contributed by atoms with Crippen LogP contribution in [0.5, 0.6) is 0 Å².